The third-order valence-electron chi connectivity index (χ3n) is 1.33. The molecule has 0 bridgehead atoms. The molecule has 0 fully saturated rings. The van der Waals surface area contributed by atoms with Crippen LogP contribution in [0.1, 0.15) is 6.42 Å². The lowest BCUT2D eigenvalue weighted by Crippen LogP contribution is -2.06. The van der Waals surface area contributed by atoms with Gasteiger partial charge >= 0.3 is 0 Å². The monoisotopic (exact) mass is 168 g/mol. The van der Waals surface area contributed by atoms with Crippen molar-refractivity contribution in [3.8, 4) is 0 Å². The summed E-state index contributed by atoms with van der Waals surface area (Å²) in [5.41, 5.74) is 5.34. The highest BCUT2D eigenvalue weighted by Crippen LogP contribution is 2.01. The molecule has 1 heterocycles. The van der Waals surface area contributed by atoms with E-state index in [4.69, 9.17) is 10.8 Å². The first-order chi connectivity index (χ1) is 5.83. The summed E-state index contributed by atoms with van der Waals surface area (Å²) in [6, 6.07) is 3.42. The van der Waals surface area contributed by atoms with Crippen molar-refractivity contribution in [3.05, 3.63) is 12.1 Å². The van der Waals surface area contributed by atoms with Gasteiger partial charge in [-0.25, -0.2) is 0 Å². The number of rotatable bonds is 4. The van der Waals surface area contributed by atoms with E-state index in [2.05, 4.69) is 15.5 Å². The summed E-state index contributed by atoms with van der Waals surface area (Å²) in [6.45, 7) is 0.866. The van der Waals surface area contributed by atoms with Crippen LogP contribution in [0.15, 0.2) is 12.1 Å². The molecule has 0 saturated carbocycles. The molecule has 0 saturated heterocycles. The van der Waals surface area contributed by atoms with Crippen molar-refractivity contribution in [2.75, 3.05) is 24.2 Å². The third kappa shape index (κ3) is 2.71. The number of nitrogens with zero attached hydrogens (tertiary/aromatic N) is 2. The molecule has 0 aliphatic heterocycles. The standard InChI is InChI=1S/C7H12N4O/c8-6-2-3-7(11-10-6)9-4-1-5-12/h2-3,12H,1,4-5H2,(H2,8,10)(H,9,11). The number of hydrogen-bond donors (Lipinski definition) is 3. The Morgan fingerprint density at radius 2 is 2.25 bits per heavy atom. The average Bonchev–Trinajstić information content (AvgIpc) is 2.09. The van der Waals surface area contributed by atoms with Crippen LogP contribution in [0.3, 0.4) is 0 Å². The van der Waals surface area contributed by atoms with Gasteiger partial charge in [-0.3, -0.25) is 0 Å². The van der Waals surface area contributed by atoms with Crippen molar-refractivity contribution in [1.29, 1.82) is 0 Å². The first-order valence-electron chi connectivity index (χ1n) is 3.77. The van der Waals surface area contributed by atoms with E-state index >= 15 is 0 Å². The number of hydrogen-bond acceptors (Lipinski definition) is 5. The summed E-state index contributed by atoms with van der Waals surface area (Å²) in [5.74, 6) is 1.08. The number of aromatic nitrogens is 2. The van der Waals surface area contributed by atoms with Crippen LogP contribution in [0.4, 0.5) is 11.6 Å². The molecule has 0 radical (unpaired) electrons. The zero-order valence-electron chi connectivity index (χ0n) is 6.70. The van der Waals surface area contributed by atoms with E-state index in [0.29, 0.717) is 24.6 Å². The molecule has 66 valence electrons. The smallest absolute Gasteiger partial charge is 0.148 e. The summed E-state index contributed by atoms with van der Waals surface area (Å²) in [4.78, 5) is 0. The largest absolute Gasteiger partial charge is 0.396 e. The maximum atomic E-state index is 8.49. The van der Waals surface area contributed by atoms with Crippen molar-refractivity contribution < 1.29 is 5.11 Å². The van der Waals surface area contributed by atoms with Crippen LogP contribution >= 0.6 is 0 Å². The van der Waals surface area contributed by atoms with Crippen LogP contribution in [-0.2, 0) is 0 Å². The fourth-order valence-electron chi connectivity index (χ4n) is 0.732. The highest BCUT2D eigenvalue weighted by molar-refractivity contribution is 5.38. The van der Waals surface area contributed by atoms with Crippen LogP contribution in [0.25, 0.3) is 0 Å². The summed E-state index contributed by atoms with van der Waals surface area (Å²) < 4.78 is 0. The van der Waals surface area contributed by atoms with Gasteiger partial charge in [-0.2, -0.15) is 0 Å². The zero-order chi connectivity index (χ0) is 8.81. The van der Waals surface area contributed by atoms with Gasteiger partial charge in [-0.15, -0.1) is 10.2 Å². The van der Waals surface area contributed by atoms with Gasteiger partial charge in [-0.05, 0) is 18.6 Å². The van der Waals surface area contributed by atoms with E-state index in [-0.39, 0.29) is 6.61 Å². The van der Waals surface area contributed by atoms with Crippen molar-refractivity contribution >= 4 is 11.6 Å². The number of aliphatic hydroxyl groups excluding tert-OH is 1. The molecule has 5 nitrogen and oxygen atoms in total. The third-order valence-corrected chi connectivity index (χ3v) is 1.33. The number of nitrogens with one attached hydrogen (secondary N) is 1. The molecule has 4 N–H and O–H groups in total. The quantitative estimate of drug-likeness (QED) is 0.545. The summed E-state index contributed by atoms with van der Waals surface area (Å²) in [7, 11) is 0. The Morgan fingerprint density at radius 1 is 1.42 bits per heavy atom. The second-order valence-corrected chi connectivity index (χ2v) is 2.35. The molecule has 1 rings (SSSR count). The van der Waals surface area contributed by atoms with E-state index in [9.17, 15) is 0 Å². The molecule has 1 aromatic heterocycles. The fraction of sp³-hybridized carbons (Fsp3) is 0.429. The zero-order valence-corrected chi connectivity index (χ0v) is 6.70. The number of anilines is 2. The fourth-order valence-corrected chi connectivity index (χ4v) is 0.732. The van der Waals surface area contributed by atoms with Gasteiger partial charge in [0.1, 0.15) is 11.6 Å². The number of aliphatic hydroxyl groups is 1. The van der Waals surface area contributed by atoms with Crippen LogP contribution in [0.5, 0.6) is 0 Å². The summed E-state index contributed by atoms with van der Waals surface area (Å²) in [6.07, 6.45) is 0.700. The SMILES string of the molecule is Nc1ccc(NCCCO)nn1. The Balaban J connectivity index is 2.37. The van der Waals surface area contributed by atoms with Gasteiger partial charge < -0.3 is 16.2 Å². The lowest BCUT2D eigenvalue weighted by atomic mass is 10.4. The highest BCUT2D eigenvalue weighted by atomic mass is 16.3. The molecule has 0 aliphatic carbocycles. The molecular weight excluding hydrogens is 156 g/mol. The molecule has 0 aliphatic rings. The molecule has 0 spiro atoms. The van der Waals surface area contributed by atoms with Crippen molar-refractivity contribution in [3.63, 3.8) is 0 Å². The maximum absolute atomic E-state index is 8.49. The van der Waals surface area contributed by atoms with Gasteiger partial charge in [0, 0.05) is 13.2 Å². The van der Waals surface area contributed by atoms with Gasteiger partial charge in [0.2, 0.25) is 0 Å². The second-order valence-electron chi connectivity index (χ2n) is 2.35. The molecule has 0 amide bonds. The van der Waals surface area contributed by atoms with Crippen molar-refractivity contribution in [2.45, 2.75) is 6.42 Å². The van der Waals surface area contributed by atoms with E-state index in [1.54, 1.807) is 12.1 Å². The Morgan fingerprint density at radius 3 is 2.83 bits per heavy atom. The van der Waals surface area contributed by atoms with Gasteiger partial charge in [-0.1, -0.05) is 0 Å². The Labute approximate surface area is 70.6 Å². The van der Waals surface area contributed by atoms with E-state index in [1.165, 1.54) is 0 Å². The molecule has 0 unspecified atom stereocenters. The average molecular weight is 168 g/mol. The molecule has 0 atom stereocenters. The first-order valence-corrected chi connectivity index (χ1v) is 3.77. The van der Waals surface area contributed by atoms with Gasteiger partial charge in [0.05, 0.1) is 0 Å². The Hall–Kier alpha value is -1.36. The molecule has 5 heteroatoms. The lowest BCUT2D eigenvalue weighted by molar-refractivity contribution is 0.292. The van der Waals surface area contributed by atoms with Crippen molar-refractivity contribution in [2.24, 2.45) is 0 Å². The second kappa shape index (κ2) is 4.50. The predicted molar refractivity (Wildman–Crippen MR) is 46.6 cm³/mol. The van der Waals surface area contributed by atoms with E-state index < -0.39 is 0 Å². The van der Waals surface area contributed by atoms with Gasteiger partial charge in [0.15, 0.2) is 0 Å². The molecular formula is C7H12N4O. The van der Waals surface area contributed by atoms with Crippen LogP contribution in [0.2, 0.25) is 0 Å². The van der Waals surface area contributed by atoms with Crippen LogP contribution in [-0.4, -0.2) is 28.5 Å². The highest BCUT2D eigenvalue weighted by Gasteiger charge is 1.92. The molecule has 1 aromatic rings. The lowest BCUT2D eigenvalue weighted by Gasteiger charge is -2.02. The predicted octanol–water partition coefficient (Wildman–Crippen LogP) is -0.147. The molecule has 12 heavy (non-hydrogen) atoms. The Bertz CT molecular complexity index is 223. The maximum Gasteiger partial charge on any atom is 0.148 e. The van der Waals surface area contributed by atoms with E-state index in [1.807, 2.05) is 0 Å². The van der Waals surface area contributed by atoms with E-state index in [0.717, 1.165) is 0 Å². The minimum absolute atomic E-state index is 0.176. The van der Waals surface area contributed by atoms with Crippen LogP contribution < -0.4 is 11.1 Å². The normalized spacial score (nSPS) is 9.75. The minimum atomic E-state index is 0.176. The van der Waals surface area contributed by atoms with Crippen LogP contribution in [0, 0.1) is 0 Å². The Kier molecular flexibility index (Phi) is 3.28. The molecule has 0 aromatic carbocycles. The topological polar surface area (TPSA) is 84.1 Å². The first kappa shape index (κ1) is 8.73. The summed E-state index contributed by atoms with van der Waals surface area (Å²) >= 11 is 0. The van der Waals surface area contributed by atoms with Crippen molar-refractivity contribution in [1.82, 2.24) is 10.2 Å². The minimum Gasteiger partial charge on any atom is -0.396 e. The summed E-state index contributed by atoms with van der Waals surface area (Å²) in [5, 5.41) is 18.9. The number of nitrogens with two attached hydrogens (primary N) is 1. The van der Waals surface area contributed by atoms with Gasteiger partial charge in [0.25, 0.3) is 0 Å². The number of nitrogen functional groups attached to an aromatic ring is 1.